The summed E-state index contributed by atoms with van der Waals surface area (Å²) in [5.74, 6) is 1.40. The van der Waals surface area contributed by atoms with Crippen LogP contribution in [-0.4, -0.2) is 26.4 Å². The van der Waals surface area contributed by atoms with Crippen molar-refractivity contribution in [3.8, 4) is 10.4 Å². The zero-order valence-electron chi connectivity index (χ0n) is 14.3. The molecular formula is C20H19N5S. The van der Waals surface area contributed by atoms with E-state index in [1.807, 2.05) is 0 Å². The van der Waals surface area contributed by atoms with Crippen LogP contribution in [0.1, 0.15) is 18.7 Å². The molecule has 4 heterocycles. The fourth-order valence-electron chi connectivity index (χ4n) is 3.65. The molecule has 1 aliphatic heterocycles. The van der Waals surface area contributed by atoms with Gasteiger partial charge in [0.15, 0.2) is 0 Å². The van der Waals surface area contributed by atoms with E-state index in [9.17, 15) is 0 Å². The molecule has 130 valence electrons. The number of nitrogens with two attached hydrogens (primary N) is 1. The topological polar surface area (TPSA) is 70.8 Å². The molecular weight excluding hydrogens is 342 g/mol. The van der Waals surface area contributed by atoms with E-state index >= 15 is 0 Å². The predicted octanol–water partition coefficient (Wildman–Crippen LogP) is 4.53. The number of hydrogen-bond donors (Lipinski definition) is 2. The van der Waals surface area contributed by atoms with Crippen LogP contribution in [0.25, 0.3) is 32.4 Å². The van der Waals surface area contributed by atoms with Gasteiger partial charge in [0.1, 0.15) is 22.7 Å². The van der Waals surface area contributed by atoms with Gasteiger partial charge in [0.2, 0.25) is 0 Å². The molecule has 1 aliphatic rings. The van der Waals surface area contributed by atoms with Gasteiger partial charge in [0.05, 0.1) is 12.1 Å². The van der Waals surface area contributed by atoms with E-state index in [4.69, 9.17) is 10.7 Å². The van der Waals surface area contributed by atoms with Crippen molar-refractivity contribution < 1.29 is 0 Å². The van der Waals surface area contributed by atoms with E-state index in [1.165, 1.54) is 10.6 Å². The van der Waals surface area contributed by atoms with Crippen molar-refractivity contribution in [2.75, 3.05) is 12.3 Å². The van der Waals surface area contributed by atoms with E-state index in [0.29, 0.717) is 5.82 Å². The number of nitrogens with zero attached hydrogens (tertiary/aromatic N) is 3. The van der Waals surface area contributed by atoms with Crippen molar-refractivity contribution in [1.82, 2.24) is 19.9 Å². The number of thiophene rings is 1. The molecule has 0 aliphatic carbocycles. The largest absolute Gasteiger partial charge is 0.382 e. The minimum Gasteiger partial charge on any atom is -0.382 e. The summed E-state index contributed by atoms with van der Waals surface area (Å²) in [6.07, 6.45) is 2.23. The van der Waals surface area contributed by atoms with Gasteiger partial charge in [0, 0.05) is 22.5 Å². The van der Waals surface area contributed by atoms with Crippen molar-refractivity contribution >= 4 is 39.1 Å². The molecule has 5 nitrogen and oxygen atoms in total. The number of aromatic nitrogens is 3. The lowest BCUT2D eigenvalue weighted by atomic mass is 10.1. The predicted molar refractivity (Wildman–Crippen MR) is 108 cm³/mol. The highest BCUT2D eigenvalue weighted by molar-refractivity contribution is 7.13. The number of likely N-dealkylation sites (tertiary alicyclic amines) is 1. The van der Waals surface area contributed by atoms with E-state index in [0.717, 1.165) is 59.3 Å². The van der Waals surface area contributed by atoms with Crippen LogP contribution in [0.5, 0.6) is 0 Å². The monoisotopic (exact) mass is 361 g/mol. The first-order valence-electron chi connectivity index (χ1n) is 8.73. The van der Waals surface area contributed by atoms with Gasteiger partial charge in [0.25, 0.3) is 0 Å². The van der Waals surface area contributed by atoms with Gasteiger partial charge in [-0.3, -0.25) is 0 Å². The van der Waals surface area contributed by atoms with Crippen LogP contribution in [0.4, 0.5) is 5.82 Å². The lowest BCUT2D eigenvalue weighted by Gasteiger charge is -2.16. The summed E-state index contributed by atoms with van der Waals surface area (Å²) >= 11 is 1.72. The van der Waals surface area contributed by atoms with Gasteiger partial charge in [-0.1, -0.05) is 18.7 Å². The first-order chi connectivity index (χ1) is 12.7. The lowest BCUT2D eigenvalue weighted by Crippen LogP contribution is -2.17. The number of benzene rings is 1. The number of hydrogen-bond acceptors (Lipinski definition) is 5. The van der Waals surface area contributed by atoms with Crippen LogP contribution in [0.2, 0.25) is 0 Å². The summed E-state index contributed by atoms with van der Waals surface area (Å²) in [5.41, 5.74) is 11.2. The average molecular weight is 361 g/mol. The second-order valence-electron chi connectivity index (χ2n) is 6.70. The Kier molecular flexibility index (Phi) is 3.46. The zero-order chi connectivity index (χ0) is 17.7. The maximum Gasteiger partial charge on any atom is 0.150 e. The molecule has 1 fully saturated rings. The molecule has 6 heteroatoms. The zero-order valence-corrected chi connectivity index (χ0v) is 15.1. The van der Waals surface area contributed by atoms with Crippen LogP contribution in [0.15, 0.2) is 48.0 Å². The van der Waals surface area contributed by atoms with E-state index < -0.39 is 0 Å². The Morgan fingerprint density at radius 1 is 1.27 bits per heavy atom. The Hall–Kier alpha value is -2.86. The fraction of sp³-hybridized carbons (Fsp3) is 0.200. The van der Waals surface area contributed by atoms with E-state index in [-0.39, 0.29) is 0 Å². The van der Waals surface area contributed by atoms with Gasteiger partial charge in [-0.05, 0) is 42.0 Å². The molecule has 0 spiro atoms. The third-order valence-electron chi connectivity index (χ3n) is 4.99. The molecule has 1 aromatic carbocycles. The van der Waals surface area contributed by atoms with Crippen LogP contribution < -0.4 is 5.73 Å². The normalized spacial score (nSPS) is 14.8. The molecule has 0 amide bonds. The molecule has 26 heavy (non-hydrogen) atoms. The number of imidazole rings is 1. The van der Waals surface area contributed by atoms with Crippen LogP contribution in [0.3, 0.4) is 0 Å². The maximum atomic E-state index is 6.23. The highest BCUT2D eigenvalue weighted by Gasteiger charge is 2.18. The molecule has 3 N–H and O–H groups in total. The SMILES string of the molecule is C=C1CCCN1Cc1nc2c([nH]1)c(N)nc1cc(-c3cccs3)ccc12. The number of aromatic amines is 1. The molecule has 0 saturated carbocycles. The highest BCUT2D eigenvalue weighted by atomic mass is 32.1. The standard InChI is InChI=1S/C20H19N5S/c1-12-4-2-8-25(12)11-17-23-18-14-7-6-13(16-5-3-9-26-16)10-15(14)22-20(21)19(18)24-17/h3,5-7,9-10H,1-2,4,8,11H2,(H2,21,22)(H,23,24). The Morgan fingerprint density at radius 3 is 2.96 bits per heavy atom. The molecule has 0 radical (unpaired) electrons. The Balaban J connectivity index is 1.61. The van der Waals surface area contributed by atoms with Gasteiger partial charge in [-0.2, -0.15) is 0 Å². The van der Waals surface area contributed by atoms with Crippen LogP contribution in [0, 0.1) is 0 Å². The van der Waals surface area contributed by atoms with Gasteiger partial charge >= 0.3 is 0 Å². The van der Waals surface area contributed by atoms with Crippen molar-refractivity contribution in [3.63, 3.8) is 0 Å². The average Bonchev–Trinajstić information content (AvgIpc) is 3.37. The third kappa shape index (κ3) is 2.45. The summed E-state index contributed by atoms with van der Waals surface area (Å²) in [5, 5.41) is 3.11. The summed E-state index contributed by atoms with van der Waals surface area (Å²) in [6, 6.07) is 10.5. The van der Waals surface area contributed by atoms with Crippen LogP contribution >= 0.6 is 11.3 Å². The number of nitrogens with one attached hydrogen (secondary N) is 1. The molecule has 1 saturated heterocycles. The van der Waals surface area contributed by atoms with Gasteiger partial charge < -0.3 is 15.6 Å². The first-order valence-corrected chi connectivity index (χ1v) is 9.61. The Morgan fingerprint density at radius 2 is 2.19 bits per heavy atom. The molecule has 0 unspecified atom stereocenters. The summed E-state index contributed by atoms with van der Waals surface area (Å²) in [4.78, 5) is 16.3. The quantitative estimate of drug-likeness (QED) is 0.562. The number of rotatable bonds is 3. The fourth-order valence-corrected chi connectivity index (χ4v) is 4.37. The Bertz CT molecular complexity index is 1130. The summed E-state index contributed by atoms with van der Waals surface area (Å²) in [6.45, 7) is 5.91. The second kappa shape index (κ2) is 5.85. The van der Waals surface area contributed by atoms with Crippen molar-refractivity contribution in [2.24, 2.45) is 0 Å². The van der Waals surface area contributed by atoms with Gasteiger partial charge in [-0.25, -0.2) is 9.97 Å². The maximum absolute atomic E-state index is 6.23. The van der Waals surface area contributed by atoms with Crippen molar-refractivity contribution in [2.45, 2.75) is 19.4 Å². The number of nitrogen functional groups attached to an aromatic ring is 1. The molecule has 0 bridgehead atoms. The minimum atomic E-state index is 0.495. The number of anilines is 1. The number of H-pyrrole nitrogens is 1. The number of pyridine rings is 1. The molecule has 0 atom stereocenters. The van der Waals surface area contributed by atoms with Gasteiger partial charge in [-0.15, -0.1) is 11.3 Å². The number of allylic oxidation sites excluding steroid dienone is 1. The molecule has 3 aromatic heterocycles. The lowest BCUT2D eigenvalue weighted by molar-refractivity contribution is 0.378. The second-order valence-corrected chi connectivity index (χ2v) is 7.65. The highest BCUT2D eigenvalue weighted by Crippen LogP contribution is 2.32. The van der Waals surface area contributed by atoms with E-state index in [1.54, 1.807) is 11.3 Å². The number of fused-ring (bicyclic) bond motifs is 3. The third-order valence-corrected chi connectivity index (χ3v) is 5.91. The molecule has 4 aromatic rings. The first kappa shape index (κ1) is 15.4. The smallest absolute Gasteiger partial charge is 0.150 e. The summed E-state index contributed by atoms with van der Waals surface area (Å²) in [7, 11) is 0. The minimum absolute atomic E-state index is 0.495. The van der Waals surface area contributed by atoms with Crippen LogP contribution in [-0.2, 0) is 6.54 Å². The molecule has 5 rings (SSSR count). The van der Waals surface area contributed by atoms with Crippen molar-refractivity contribution in [1.29, 1.82) is 0 Å². The van der Waals surface area contributed by atoms with Crippen molar-refractivity contribution in [3.05, 3.63) is 53.8 Å². The summed E-state index contributed by atoms with van der Waals surface area (Å²) < 4.78 is 0. The van der Waals surface area contributed by atoms with E-state index in [2.05, 4.69) is 57.2 Å². The Labute approximate surface area is 155 Å².